The Balaban J connectivity index is 2.58. The van der Waals surface area contributed by atoms with Crippen LogP contribution in [0.3, 0.4) is 0 Å². The van der Waals surface area contributed by atoms with Gasteiger partial charge in [-0.15, -0.1) is 0 Å². The quantitative estimate of drug-likeness (QED) is 0.767. The van der Waals surface area contributed by atoms with Gasteiger partial charge < -0.3 is 9.67 Å². The molecule has 0 aromatic carbocycles. The maximum atomic E-state index is 9.75. The van der Waals surface area contributed by atoms with E-state index in [-0.39, 0.29) is 6.10 Å². The highest BCUT2D eigenvalue weighted by Gasteiger charge is 2.07. The molecular formula is C12H21NO. The SMILES string of the molecule is CCCC(O)c1ccn(CC(C)C)c1. The van der Waals surface area contributed by atoms with E-state index in [1.165, 1.54) is 0 Å². The topological polar surface area (TPSA) is 25.2 Å². The summed E-state index contributed by atoms with van der Waals surface area (Å²) in [5.74, 6) is 0.651. The predicted octanol–water partition coefficient (Wildman–Crippen LogP) is 2.98. The number of rotatable bonds is 5. The first kappa shape index (κ1) is 11.3. The minimum Gasteiger partial charge on any atom is -0.388 e. The number of hydrogen-bond donors (Lipinski definition) is 1. The summed E-state index contributed by atoms with van der Waals surface area (Å²) in [6.07, 6.45) is 5.70. The molecule has 1 aromatic heterocycles. The van der Waals surface area contributed by atoms with E-state index in [2.05, 4.69) is 31.5 Å². The van der Waals surface area contributed by atoms with Crippen LogP contribution in [0.2, 0.25) is 0 Å². The summed E-state index contributed by atoms with van der Waals surface area (Å²) in [6.45, 7) is 7.51. The minimum absolute atomic E-state index is 0.284. The van der Waals surface area contributed by atoms with Crippen LogP contribution in [0.1, 0.15) is 45.3 Å². The highest BCUT2D eigenvalue weighted by Crippen LogP contribution is 2.18. The van der Waals surface area contributed by atoms with E-state index < -0.39 is 0 Å². The maximum Gasteiger partial charge on any atom is 0.0804 e. The van der Waals surface area contributed by atoms with Crippen LogP contribution >= 0.6 is 0 Å². The van der Waals surface area contributed by atoms with Crippen LogP contribution in [0.5, 0.6) is 0 Å². The normalized spacial score (nSPS) is 13.5. The van der Waals surface area contributed by atoms with Gasteiger partial charge in [0.2, 0.25) is 0 Å². The first-order chi connectivity index (χ1) is 6.63. The van der Waals surface area contributed by atoms with Crippen molar-refractivity contribution in [2.24, 2.45) is 5.92 Å². The third-order valence-corrected chi connectivity index (χ3v) is 2.30. The van der Waals surface area contributed by atoms with Gasteiger partial charge in [-0.25, -0.2) is 0 Å². The van der Waals surface area contributed by atoms with E-state index in [0.717, 1.165) is 24.9 Å². The lowest BCUT2D eigenvalue weighted by Crippen LogP contribution is -2.02. The third kappa shape index (κ3) is 3.18. The summed E-state index contributed by atoms with van der Waals surface area (Å²) in [6, 6.07) is 2.02. The molecule has 0 aliphatic rings. The molecule has 0 bridgehead atoms. The molecule has 1 unspecified atom stereocenters. The third-order valence-electron chi connectivity index (χ3n) is 2.30. The number of aliphatic hydroxyl groups excluding tert-OH is 1. The van der Waals surface area contributed by atoms with E-state index in [1.54, 1.807) is 0 Å². The van der Waals surface area contributed by atoms with Crippen molar-refractivity contribution in [1.82, 2.24) is 4.57 Å². The molecule has 1 rings (SSSR count). The van der Waals surface area contributed by atoms with Gasteiger partial charge in [0, 0.05) is 18.9 Å². The van der Waals surface area contributed by atoms with E-state index in [4.69, 9.17) is 0 Å². The number of nitrogens with zero attached hydrogens (tertiary/aromatic N) is 1. The first-order valence-corrected chi connectivity index (χ1v) is 5.47. The Labute approximate surface area is 86.6 Å². The Bertz CT molecular complexity index is 265. The van der Waals surface area contributed by atoms with E-state index in [9.17, 15) is 5.11 Å². The fourth-order valence-corrected chi connectivity index (χ4v) is 1.63. The molecule has 1 atom stereocenters. The monoisotopic (exact) mass is 195 g/mol. The predicted molar refractivity (Wildman–Crippen MR) is 59.1 cm³/mol. The zero-order valence-corrected chi connectivity index (χ0v) is 9.40. The molecule has 0 saturated heterocycles. The molecular weight excluding hydrogens is 174 g/mol. The smallest absolute Gasteiger partial charge is 0.0804 e. The van der Waals surface area contributed by atoms with Crippen LogP contribution in [0, 0.1) is 5.92 Å². The fraction of sp³-hybridized carbons (Fsp3) is 0.667. The van der Waals surface area contributed by atoms with Gasteiger partial charge in [0.25, 0.3) is 0 Å². The van der Waals surface area contributed by atoms with Crippen molar-refractivity contribution >= 4 is 0 Å². The van der Waals surface area contributed by atoms with Crippen molar-refractivity contribution in [3.05, 3.63) is 24.0 Å². The summed E-state index contributed by atoms with van der Waals surface area (Å²) in [5.41, 5.74) is 1.05. The highest BCUT2D eigenvalue weighted by atomic mass is 16.3. The largest absolute Gasteiger partial charge is 0.388 e. The Hall–Kier alpha value is -0.760. The van der Waals surface area contributed by atoms with Crippen LogP contribution < -0.4 is 0 Å². The molecule has 80 valence electrons. The molecule has 0 spiro atoms. The summed E-state index contributed by atoms with van der Waals surface area (Å²) >= 11 is 0. The van der Waals surface area contributed by atoms with Gasteiger partial charge in [0.05, 0.1) is 6.10 Å². The van der Waals surface area contributed by atoms with Crippen LogP contribution in [-0.2, 0) is 6.54 Å². The Morgan fingerprint density at radius 3 is 2.71 bits per heavy atom. The van der Waals surface area contributed by atoms with E-state index >= 15 is 0 Å². The molecule has 1 N–H and O–H groups in total. The van der Waals surface area contributed by atoms with Crippen LogP contribution in [0.4, 0.5) is 0 Å². The van der Waals surface area contributed by atoms with Crippen LogP contribution in [0.15, 0.2) is 18.5 Å². The minimum atomic E-state index is -0.284. The average Bonchev–Trinajstić information content (AvgIpc) is 2.52. The first-order valence-electron chi connectivity index (χ1n) is 5.47. The number of hydrogen-bond acceptors (Lipinski definition) is 1. The molecule has 2 nitrogen and oxygen atoms in total. The molecule has 14 heavy (non-hydrogen) atoms. The van der Waals surface area contributed by atoms with Crippen molar-refractivity contribution in [3.8, 4) is 0 Å². The Morgan fingerprint density at radius 2 is 2.14 bits per heavy atom. The summed E-state index contributed by atoms with van der Waals surface area (Å²) in [4.78, 5) is 0. The molecule has 0 aliphatic heterocycles. The van der Waals surface area contributed by atoms with Crippen LogP contribution in [-0.4, -0.2) is 9.67 Å². The van der Waals surface area contributed by atoms with E-state index in [0.29, 0.717) is 5.92 Å². The standard InChI is InChI=1S/C12H21NO/c1-4-5-12(14)11-6-7-13(9-11)8-10(2)3/h6-7,9-10,12,14H,4-5,8H2,1-3H3. The van der Waals surface area contributed by atoms with Gasteiger partial charge in [-0.1, -0.05) is 27.2 Å². The van der Waals surface area contributed by atoms with Crippen molar-refractivity contribution < 1.29 is 5.11 Å². The van der Waals surface area contributed by atoms with Gasteiger partial charge >= 0.3 is 0 Å². The second kappa shape index (κ2) is 5.20. The van der Waals surface area contributed by atoms with Crippen LogP contribution in [0.25, 0.3) is 0 Å². The summed E-state index contributed by atoms with van der Waals surface area (Å²) in [7, 11) is 0. The molecule has 2 heteroatoms. The van der Waals surface area contributed by atoms with Gasteiger partial charge in [-0.3, -0.25) is 0 Å². The molecule has 0 fully saturated rings. The molecule has 1 heterocycles. The Morgan fingerprint density at radius 1 is 1.43 bits per heavy atom. The molecule has 0 radical (unpaired) electrons. The molecule has 0 aliphatic carbocycles. The number of aliphatic hydroxyl groups is 1. The summed E-state index contributed by atoms with van der Waals surface area (Å²) in [5, 5.41) is 9.75. The van der Waals surface area contributed by atoms with Gasteiger partial charge in [0.1, 0.15) is 0 Å². The lowest BCUT2D eigenvalue weighted by atomic mass is 10.1. The van der Waals surface area contributed by atoms with Gasteiger partial charge in [-0.05, 0) is 24.0 Å². The lowest BCUT2D eigenvalue weighted by molar-refractivity contribution is 0.166. The van der Waals surface area contributed by atoms with Crippen molar-refractivity contribution in [2.75, 3.05) is 0 Å². The maximum absolute atomic E-state index is 9.75. The van der Waals surface area contributed by atoms with Gasteiger partial charge in [-0.2, -0.15) is 0 Å². The molecule has 0 saturated carbocycles. The van der Waals surface area contributed by atoms with Gasteiger partial charge in [0.15, 0.2) is 0 Å². The zero-order valence-electron chi connectivity index (χ0n) is 9.40. The van der Waals surface area contributed by atoms with E-state index in [1.807, 2.05) is 12.3 Å². The second-order valence-electron chi connectivity index (χ2n) is 4.34. The van der Waals surface area contributed by atoms with Crippen molar-refractivity contribution in [2.45, 2.75) is 46.3 Å². The fourth-order valence-electron chi connectivity index (χ4n) is 1.63. The average molecular weight is 195 g/mol. The van der Waals surface area contributed by atoms with Crippen molar-refractivity contribution in [1.29, 1.82) is 0 Å². The zero-order chi connectivity index (χ0) is 10.6. The molecule has 0 amide bonds. The second-order valence-corrected chi connectivity index (χ2v) is 4.34. The molecule has 1 aromatic rings. The summed E-state index contributed by atoms with van der Waals surface area (Å²) < 4.78 is 2.15. The number of aromatic nitrogens is 1. The Kier molecular flexibility index (Phi) is 4.21. The lowest BCUT2D eigenvalue weighted by Gasteiger charge is -2.07. The van der Waals surface area contributed by atoms with Crippen molar-refractivity contribution in [3.63, 3.8) is 0 Å². The highest BCUT2D eigenvalue weighted by molar-refractivity contribution is 5.13.